The minimum absolute atomic E-state index is 0.00152. The number of anilines is 1. The van der Waals surface area contributed by atoms with Crippen LogP contribution in [0.3, 0.4) is 0 Å². The summed E-state index contributed by atoms with van der Waals surface area (Å²) in [6.45, 7) is 6.47. The van der Waals surface area contributed by atoms with Crippen molar-refractivity contribution in [3.8, 4) is 34.5 Å². The zero-order chi connectivity index (χ0) is 79.8. The molecule has 0 aliphatic carbocycles. The molecule has 2 fully saturated rings. The van der Waals surface area contributed by atoms with E-state index in [1.165, 1.54) is 66.4 Å². The second-order valence-corrected chi connectivity index (χ2v) is 27.1. The molecule has 0 saturated carbocycles. The average Bonchev–Trinajstić information content (AvgIpc) is 1.56. The predicted octanol–water partition coefficient (Wildman–Crippen LogP) is -0.291. The maximum atomic E-state index is 14.9. The van der Waals surface area contributed by atoms with E-state index in [0.717, 1.165) is 17.0 Å². The summed E-state index contributed by atoms with van der Waals surface area (Å²) in [5.74, 6) is -3.54. The lowest BCUT2D eigenvalue weighted by Crippen LogP contribution is -2.60. The highest BCUT2D eigenvalue weighted by Crippen LogP contribution is 2.48. The number of likely N-dealkylation sites (N-methyl/N-ethyl adjacent to an activating group) is 1. The Morgan fingerprint density at radius 3 is 1.74 bits per heavy atom. The van der Waals surface area contributed by atoms with Crippen molar-refractivity contribution in [3.63, 3.8) is 0 Å². The SMILES string of the molecule is CCOc1cc2cc(C(=O)N3C[C@@H](CCl)c4c3cc(OS(=O)(=O)Oc3cc(C(=O)N(C)CCOCCOCCOCCn5cc(COCCOCCOCCOCCOCCOCCN6C(=O)C=CC6=O)nn5)ccc3O[C@@H]3O[C@H](CO)[C@H](O)[C@H](O)[C@H]3O)c3ccc(OC)cc43)[nH]c2cc1O[C@@H]1O[C@H](CO)[C@H](O)[C@H](O)[C@H]1O. The number of ether oxygens (including phenoxy) is 15. The smallest absolute Gasteiger partial charge is 0.497 e. The summed E-state index contributed by atoms with van der Waals surface area (Å²) in [7, 11) is -2.47. The number of imide groups is 1. The molecular weight excluding hydrogens is 1530 g/mol. The molecule has 4 aliphatic heterocycles. The summed E-state index contributed by atoms with van der Waals surface area (Å²) < 4.78 is 127. The number of halogens is 1. The molecule has 11 atom stereocenters. The van der Waals surface area contributed by atoms with Crippen molar-refractivity contribution in [2.45, 2.75) is 87.4 Å². The van der Waals surface area contributed by atoms with Crippen LogP contribution in [0.25, 0.3) is 21.7 Å². The number of H-pyrrole nitrogens is 1. The van der Waals surface area contributed by atoms with E-state index in [4.69, 9.17) is 91.0 Å². The highest BCUT2D eigenvalue weighted by atomic mass is 35.5. The first-order valence-electron chi connectivity index (χ1n) is 36.1. The van der Waals surface area contributed by atoms with Gasteiger partial charge < -0.3 is 135 Å². The zero-order valence-electron chi connectivity index (χ0n) is 61.7. The normalized spacial score (nSPS) is 21.8. The number of nitrogens with one attached hydrogen (secondary N) is 1. The Hall–Kier alpha value is -8.08. The largest absolute Gasteiger partial charge is 0.501 e. The molecule has 6 aromatic rings. The molecule has 4 aliphatic rings. The fourth-order valence-corrected chi connectivity index (χ4v) is 13.2. The molecule has 6 heterocycles. The first-order chi connectivity index (χ1) is 54.1. The number of aromatic amines is 1. The van der Waals surface area contributed by atoms with E-state index in [9.17, 15) is 68.4 Å². The van der Waals surface area contributed by atoms with Crippen molar-refractivity contribution in [1.29, 1.82) is 0 Å². The fraction of sp³-hybridized carbons (Fsp3) is 0.556. The van der Waals surface area contributed by atoms with Gasteiger partial charge in [-0.3, -0.25) is 24.1 Å². The zero-order valence-corrected chi connectivity index (χ0v) is 63.3. The van der Waals surface area contributed by atoms with E-state index in [2.05, 4.69) is 15.3 Å². The highest BCUT2D eigenvalue weighted by Gasteiger charge is 2.47. The van der Waals surface area contributed by atoms with E-state index in [-0.39, 0.29) is 130 Å². The lowest BCUT2D eigenvalue weighted by molar-refractivity contribution is -0.277. The molecule has 10 rings (SSSR count). The Morgan fingerprint density at radius 1 is 0.616 bits per heavy atom. The molecule has 0 unspecified atom stereocenters. The molecule has 4 amide bonds. The maximum absolute atomic E-state index is 14.9. The van der Waals surface area contributed by atoms with Crippen molar-refractivity contribution in [3.05, 3.63) is 102 Å². The van der Waals surface area contributed by atoms with E-state index < -0.39 is 114 Å². The number of aromatic nitrogens is 4. The topological polar surface area (TPSA) is 477 Å². The van der Waals surface area contributed by atoms with Crippen LogP contribution in [0, 0.1) is 0 Å². The molecule has 2 saturated heterocycles. The van der Waals surface area contributed by atoms with Gasteiger partial charge in [-0.1, -0.05) is 5.21 Å². The van der Waals surface area contributed by atoms with Gasteiger partial charge in [-0.25, -0.2) is 4.68 Å². The number of hydrogen-bond acceptors (Lipinski definition) is 33. The molecule has 112 heavy (non-hydrogen) atoms. The highest BCUT2D eigenvalue weighted by molar-refractivity contribution is 7.82. The molecule has 4 aromatic carbocycles. The summed E-state index contributed by atoms with van der Waals surface area (Å²) >= 11 is 6.66. The maximum Gasteiger partial charge on any atom is 0.501 e. The molecule has 9 N–H and O–H groups in total. The number of carbonyl (C=O) groups excluding carboxylic acids is 4. The van der Waals surface area contributed by atoms with E-state index in [1.807, 2.05) is 0 Å². The number of rotatable bonds is 48. The lowest BCUT2D eigenvalue weighted by Gasteiger charge is -2.39. The second kappa shape index (κ2) is 42.3. The van der Waals surface area contributed by atoms with E-state index in [0.29, 0.717) is 113 Å². The molecular formula is C72H94ClN7O31S. The van der Waals surface area contributed by atoms with Crippen LogP contribution in [0.4, 0.5) is 5.69 Å². The van der Waals surface area contributed by atoms with E-state index in [1.54, 1.807) is 36.0 Å². The van der Waals surface area contributed by atoms with Gasteiger partial charge in [0.15, 0.2) is 28.7 Å². The summed E-state index contributed by atoms with van der Waals surface area (Å²) in [5.41, 5.74) is 1.56. The van der Waals surface area contributed by atoms with Gasteiger partial charge in [-0.2, -0.15) is 0 Å². The number of hydrogen-bond donors (Lipinski definition) is 9. The lowest BCUT2D eigenvalue weighted by atomic mass is 9.95. The van der Waals surface area contributed by atoms with Gasteiger partial charge in [0.1, 0.15) is 66.0 Å². The molecule has 0 spiro atoms. The predicted molar refractivity (Wildman–Crippen MR) is 390 cm³/mol. The Bertz CT molecular complexity index is 4190. The number of methoxy groups -OCH3 is 1. The van der Waals surface area contributed by atoms with Crippen molar-refractivity contribution in [2.75, 3.05) is 177 Å². The Kier molecular flexibility index (Phi) is 32.6. The van der Waals surface area contributed by atoms with Gasteiger partial charge in [0.2, 0.25) is 12.6 Å². The van der Waals surface area contributed by atoms with Gasteiger partial charge in [0.05, 0.1) is 171 Å². The van der Waals surface area contributed by atoms with Crippen LogP contribution in [0.2, 0.25) is 0 Å². The summed E-state index contributed by atoms with van der Waals surface area (Å²) in [6, 6.07) is 14.0. The van der Waals surface area contributed by atoms with Crippen LogP contribution in [0.1, 0.15) is 44.9 Å². The van der Waals surface area contributed by atoms with Gasteiger partial charge >= 0.3 is 10.4 Å². The minimum Gasteiger partial charge on any atom is -0.497 e. The molecule has 0 bridgehead atoms. The first kappa shape index (κ1) is 86.3. The van der Waals surface area contributed by atoms with Crippen LogP contribution < -0.4 is 32.2 Å². The third-order valence-electron chi connectivity index (χ3n) is 18.0. The Labute approximate surface area is 648 Å². The second-order valence-electron chi connectivity index (χ2n) is 25.7. The molecule has 616 valence electrons. The quantitative estimate of drug-likeness (QED) is 0.0135. The molecule has 2 aromatic heterocycles. The summed E-state index contributed by atoms with van der Waals surface area (Å²) in [6.07, 6.45) is -12.7. The molecule has 0 radical (unpaired) electrons. The van der Waals surface area contributed by atoms with Gasteiger partial charge in [0, 0.05) is 78.1 Å². The average molecular weight is 1620 g/mol. The van der Waals surface area contributed by atoms with Crippen molar-refractivity contribution in [2.24, 2.45) is 0 Å². The number of nitrogens with zero attached hydrogens (tertiary/aromatic N) is 6. The van der Waals surface area contributed by atoms with Gasteiger partial charge in [-0.05, 0) is 66.4 Å². The summed E-state index contributed by atoms with van der Waals surface area (Å²) in [4.78, 5) is 58.9. The number of alkyl halides is 1. The monoisotopic (exact) mass is 1620 g/mol. The number of aliphatic hydroxyl groups excluding tert-OH is 8. The molecule has 40 heteroatoms. The van der Waals surface area contributed by atoms with Crippen molar-refractivity contribution < 1.29 is 148 Å². The number of benzene rings is 4. The van der Waals surface area contributed by atoms with Crippen LogP contribution >= 0.6 is 11.6 Å². The van der Waals surface area contributed by atoms with Crippen molar-refractivity contribution >= 4 is 73.0 Å². The minimum atomic E-state index is -5.36. The summed E-state index contributed by atoms with van der Waals surface area (Å²) in [5, 5.41) is 92.7. The Balaban J connectivity index is 0.674. The van der Waals surface area contributed by atoms with E-state index >= 15 is 0 Å². The first-order valence-corrected chi connectivity index (χ1v) is 37.9. The number of aliphatic hydroxyl groups is 8. The van der Waals surface area contributed by atoms with Crippen LogP contribution in [0.5, 0.6) is 34.5 Å². The fourth-order valence-electron chi connectivity index (χ4n) is 12.2. The molecule has 38 nitrogen and oxygen atoms in total. The van der Waals surface area contributed by atoms with Gasteiger partial charge in [0.25, 0.3) is 23.6 Å². The van der Waals surface area contributed by atoms with Crippen molar-refractivity contribution in [1.82, 2.24) is 29.8 Å². The van der Waals surface area contributed by atoms with Crippen LogP contribution in [0.15, 0.2) is 79.0 Å². The third kappa shape index (κ3) is 22.9. The Morgan fingerprint density at radius 2 is 1.17 bits per heavy atom. The van der Waals surface area contributed by atoms with Gasteiger partial charge in [-0.15, -0.1) is 25.1 Å². The number of carbonyl (C=O) groups is 4. The van der Waals surface area contributed by atoms with Crippen LogP contribution in [-0.4, -0.2) is 336 Å². The number of fused-ring (bicyclic) bond motifs is 4. The third-order valence-corrected chi connectivity index (χ3v) is 19.2. The standard InChI is InChI=1S/C72H94ClN7O31S/c1-4-105-55-33-44-31-51(74-50(44)35-56(55)107-72-68(90)66(88)64(86)59(41-82)109-72)70(92)80-38-45(37-73)62-49-34-47(95-3)6-7-48(49)54(36-52(62)80)110-112(93,94)111-57-32-43(5-8-53(57)106-71-67(89)65(87)63(85)58(40-81)108-71)69(91)77(2)11-14-96-17-20-99-21-18-97-15-12-78-39-46(75-76-78)42-104-30-29-103-28-27-102-26-25-101-24-23-100-22-19-98-16-13-79-60(83)9-10-61(79)84/h5-10,31-36,39,45,58-59,63-68,71-72,74,81-82,85-90H,4,11-30,37-38,40-42H2,1-3H3/t45-,58-,59-,63+,64+,65+,66+,67-,68-,71-,72-/m1/s1. The van der Waals surface area contributed by atoms with Crippen LogP contribution in [-0.2, 0) is 85.2 Å². The number of amides is 4.